The van der Waals surface area contributed by atoms with Crippen LogP contribution in [0.15, 0.2) is 60.9 Å². The fourth-order valence-corrected chi connectivity index (χ4v) is 4.56. The van der Waals surface area contributed by atoms with E-state index in [1.54, 1.807) is 26.8 Å². The first-order valence-corrected chi connectivity index (χ1v) is 12.4. The van der Waals surface area contributed by atoms with Gasteiger partial charge in [0, 0.05) is 61.8 Å². The molecule has 0 spiro atoms. The summed E-state index contributed by atoms with van der Waals surface area (Å²) in [6, 6.07) is 9.68. The van der Waals surface area contributed by atoms with Gasteiger partial charge in [0.05, 0.1) is 18.3 Å². The largest absolute Gasteiger partial charge is 0.508 e. The summed E-state index contributed by atoms with van der Waals surface area (Å²) in [6.45, 7) is 7.66. The highest BCUT2D eigenvalue weighted by Crippen LogP contribution is 2.35. The fourth-order valence-electron chi connectivity index (χ4n) is 4.56. The summed E-state index contributed by atoms with van der Waals surface area (Å²) in [6.07, 6.45) is 7.12. The Balaban J connectivity index is 1.62. The van der Waals surface area contributed by atoms with E-state index in [1.807, 2.05) is 37.5 Å². The van der Waals surface area contributed by atoms with E-state index in [1.165, 1.54) is 12.1 Å². The first kappa shape index (κ1) is 26.0. The summed E-state index contributed by atoms with van der Waals surface area (Å²) in [5.74, 6) is -0.873. The Labute approximate surface area is 216 Å². The molecular weight excluding hydrogens is 470 g/mol. The molecule has 0 unspecified atom stereocenters. The molecule has 2 N–H and O–H groups in total. The van der Waals surface area contributed by atoms with Crippen molar-refractivity contribution < 1.29 is 19.8 Å². The van der Waals surface area contributed by atoms with Crippen molar-refractivity contribution in [1.29, 1.82) is 0 Å². The van der Waals surface area contributed by atoms with E-state index in [-0.39, 0.29) is 28.9 Å². The van der Waals surface area contributed by atoms with Crippen molar-refractivity contribution in [1.82, 2.24) is 19.6 Å². The number of phenols is 2. The Morgan fingerprint density at radius 1 is 1.11 bits per heavy atom. The Kier molecular flexibility index (Phi) is 7.93. The lowest BCUT2D eigenvalue weighted by Gasteiger charge is -2.24. The number of phenolic OH excluding ortho intramolecular Hbond substituents is 2. The van der Waals surface area contributed by atoms with Crippen molar-refractivity contribution in [3.05, 3.63) is 83.2 Å². The number of amides is 2. The molecule has 4 rings (SSSR count). The van der Waals surface area contributed by atoms with Crippen molar-refractivity contribution in [3.8, 4) is 11.5 Å². The van der Waals surface area contributed by atoms with E-state index in [4.69, 9.17) is 0 Å². The van der Waals surface area contributed by atoms with E-state index >= 15 is 0 Å². The highest BCUT2D eigenvalue weighted by molar-refractivity contribution is 6.02. The van der Waals surface area contributed by atoms with E-state index in [9.17, 15) is 19.8 Å². The van der Waals surface area contributed by atoms with Gasteiger partial charge in [-0.25, -0.2) is 0 Å². The van der Waals surface area contributed by atoms with Gasteiger partial charge in [0.2, 0.25) is 0 Å². The van der Waals surface area contributed by atoms with E-state index in [0.717, 1.165) is 41.5 Å². The van der Waals surface area contributed by atoms with Crippen LogP contribution in [-0.4, -0.2) is 61.2 Å². The second-order valence-electron chi connectivity index (χ2n) is 9.11. The second kappa shape index (κ2) is 11.3. The highest BCUT2D eigenvalue weighted by Gasteiger charge is 2.30. The number of aromatic nitrogens is 2. The molecule has 2 heterocycles. The van der Waals surface area contributed by atoms with Gasteiger partial charge in [-0.1, -0.05) is 32.1 Å². The van der Waals surface area contributed by atoms with Crippen molar-refractivity contribution in [2.24, 2.45) is 7.05 Å². The van der Waals surface area contributed by atoms with Crippen LogP contribution < -0.4 is 4.90 Å². The smallest absolute Gasteiger partial charge is 0.258 e. The van der Waals surface area contributed by atoms with Gasteiger partial charge in [-0.15, -0.1) is 0 Å². The number of rotatable bonds is 9. The van der Waals surface area contributed by atoms with Crippen molar-refractivity contribution >= 4 is 17.5 Å². The van der Waals surface area contributed by atoms with Gasteiger partial charge >= 0.3 is 0 Å². The molecule has 194 valence electrons. The van der Waals surface area contributed by atoms with Crippen LogP contribution in [0.25, 0.3) is 0 Å². The van der Waals surface area contributed by atoms with Crippen LogP contribution >= 0.6 is 0 Å². The van der Waals surface area contributed by atoms with Gasteiger partial charge in [-0.2, -0.15) is 5.10 Å². The van der Waals surface area contributed by atoms with Crippen LogP contribution in [0.3, 0.4) is 0 Å². The zero-order chi connectivity index (χ0) is 26.5. The van der Waals surface area contributed by atoms with Crippen LogP contribution in [0.2, 0.25) is 0 Å². The molecule has 0 bridgehead atoms. The summed E-state index contributed by atoms with van der Waals surface area (Å²) in [5, 5.41) is 24.0. The molecule has 3 aromatic rings. The average molecular weight is 504 g/mol. The fraction of sp³-hybridized carbons (Fsp3) is 0.321. The predicted octanol–water partition coefficient (Wildman–Crippen LogP) is 3.42. The Morgan fingerprint density at radius 2 is 1.89 bits per heavy atom. The molecule has 0 radical (unpaired) electrons. The molecule has 0 fully saturated rings. The molecule has 0 saturated carbocycles. The number of hydrogen-bond donors (Lipinski definition) is 2. The number of fused-ring (bicyclic) bond motifs is 1. The lowest BCUT2D eigenvalue weighted by atomic mass is 10.1. The first-order valence-electron chi connectivity index (χ1n) is 12.4. The molecule has 9 heteroatoms. The Morgan fingerprint density at radius 3 is 2.57 bits per heavy atom. The minimum absolute atomic E-state index is 0.111. The third kappa shape index (κ3) is 5.83. The van der Waals surface area contributed by atoms with Crippen LogP contribution in [0, 0.1) is 0 Å². The van der Waals surface area contributed by atoms with Gasteiger partial charge in [0.25, 0.3) is 11.8 Å². The molecule has 37 heavy (non-hydrogen) atoms. The van der Waals surface area contributed by atoms with E-state index in [2.05, 4.69) is 23.8 Å². The van der Waals surface area contributed by atoms with Gasteiger partial charge in [0.15, 0.2) is 0 Å². The Hall–Kier alpha value is -4.11. The van der Waals surface area contributed by atoms with E-state index < -0.39 is 0 Å². The summed E-state index contributed by atoms with van der Waals surface area (Å²) in [4.78, 5) is 32.2. The first-order chi connectivity index (χ1) is 17.8. The average Bonchev–Trinajstić information content (AvgIpc) is 3.50. The van der Waals surface area contributed by atoms with Crippen molar-refractivity contribution in [2.75, 3.05) is 24.5 Å². The van der Waals surface area contributed by atoms with Crippen LogP contribution in [0.1, 0.15) is 40.9 Å². The van der Waals surface area contributed by atoms with Crippen LogP contribution in [0.4, 0.5) is 5.69 Å². The number of aromatic hydroxyl groups is 2. The number of carbonyl (C=O) groups excluding carboxylic acids is 2. The number of nitrogens with zero attached hydrogens (tertiary/aromatic N) is 5. The number of hydrogen-bond acceptors (Lipinski definition) is 6. The molecule has 0 saturated heterocycles. The molecule has 9 nitrogen and oxygen atoms in total. The number of carbonyl (C=O) groups is 2. The molecule has 0 atom stereocenters. The molecule has 1 aliphatic heterocycles. The third-order valence-corrected chi connectivity index (χ3v) is 6.63. The molecule has 1 aliphatic rings. The zero-order valence-electron chi connectivity index (χ0n) is 21.5. The normalized spacial score (nSPS) is 12.9. The van der Waals surface area contributed by atoms with Crippen molar-refractivity contribution in [3.63, 3.8) is 0 Å². The number of likely N-dealkylation sites (N-methyl/N-ethyl adjacent to an activating group) is 1. The molecule has 1 aromatic heterocycles. The van der Waals surface area contributed by atoms with Gasteiger partial charge < -0.3 is 24.9 Å². The topological polar surface area (TPSA) is 102 Å². The van der Waals surface area contributed by atoms with Gasteiger partial charge in [0.1, 0.15) is 11.5 Å². The summed E-state index contributed by atoms with van der Waals surface area (Å²) in [7, 11) is 1.84. The minimum atomic E-state index is -0.344. The summed E-state index contributed by atoms with van der Waals surface area (Å²) in [5.41, 5.74) is 3.59. The van der Waals surface area contributed by atoms with Crippen molar-refractivity contribution in [2.45, 2.75) is 33.5 Å². The van der Waals surface area contributed by atoms with Gasteiger partial charge in [-0.05, 0) is 36.9 Å². The maximum atomic E-state index is 13.5. The monoisotopic (exact) mass is 503 g/mol. The predicted molar refractivity (Wildman–Crippen MR) is 141 cm³/mol. The van der Waals surface area contributed by atoms with Crippen LogP contribution in [0.5, 0.6) is 11.5 Å². The van der Waals surface area contributed by atoms with Crippen LogP contribution in [-0.2, 0) is 31.5 Å². The summed E-state index contributed by atoms with van der Waals surface area (Å²) < 4.78 is 1.70. The molecule has 2 aromatic carbocycles. The second-order valence-corrected chi connectivity index (χ2v) is 9.11. The quantitative estimate of drug-likeness (QED) is 0.434. The number of benzene rings is 2. The maximum Gasteiger partial charge on any atom is 0.258 e. The standard InChI is InChI=1S/C28H33N5O4/c1-4-31(5-2)13-7-10-27(36)33(17-20-15-29-30(3)16-20)25-9-6-8-21-18-32(19-24(21)25)28(37)23-12-11-22(34)14-26(23)35/h6-12,14-16,34-35H,4-5,13,17-19H2,1-3H3/b10-7+. The minimum Gasteiger partial charge on any atom is -0.508 e. The maximum absolute atomic E-state index is 13.5. The highest BCUT2D eigenvalue weighted by atomic mass is 16.3. The Bertz CT molecular complexity index is 1310. The number of aryl methyl sites for hydroxylation is 1. The van der Waals surface area contributed by atoms with E-state index in [0.29, 0.717) is 26.2 Å². The molecule has 0 aliphatic carbocycles. The third-order valence-electron chi connectivity index (χ3n) is 6.63. The molecular formula is C28H33N5O4. The molecule has 2 amide bonds. The lowest BCUT2D eigenvalue weighted by Crippen LogP contribution is -2.30. The number of anilines is 1. The van der Waals surface area contributed by atoms with Gasteiger partial charge in [-0.3, -0.25) is 14.3 Å². The zero-order valence-corrected chi connectivity index (χ0v) is 21.5. The lowest BCUT2D eigenvalue weighted by molar-refractivity contribution is -0.114. The SMILES string of the molecule is CCN(CC)C/C=C/C(=O)N(Cc1cnn(C)c1)c1cccc2c1CN(C(=O)c1ccc(O)cc1O)C2. The summed E-state index contributed by atoms with van der Waals surface area (Å²) >= 11 is 0.